The Kier molecular flexibility index (Phi) is 5.09. The first-order valence-corrected chi connectivity index (χ1v) is 10.8. The third-order valence-electron chi connectivity index (χ3n) is 6.02. The van der Waals surface area contributed by atoms with Crippen molar-refractivity contribution < 1.29 is 14.6 Å². The second kappa shape index (κ2) is 7.85. The normalized spacial score (nSPS) is 18.7. The molecule has 33 heavy (non-hydrogen) atoms. The molecular formula is C20H15Cl2N5O6. The van der Waals surface area contributed by atoms with E-state index in [1.165, 1.54) is 12.1 Å². The number of carboxylic acid groups (broad SMARTS) is 1. The van der Waals surface area contributed by atoms with Crippen LogP contribution in [-0.2, 0) is 0 Å². The van der Waals surface area contributed by atoms with E-state index in [2.05, 4.69) is 15.3 Å². The van der Waals surface area contributed by atoms with Crippen molar-refractivity contribution in [2.45, 2.75) is 37.5 Å². The predicted molar refractivity (Wildman–Crippen MR) is 116 cm³/mol. The van der Waals surface area contributed by atoms with Crippen LogP contribution in [0.15, 0.2) is 26.5 Å². The highest BCUT2D eigenvalue weighted by Crippen LogP contribution is 2.51. The molecule has 0 unspecified atom stereocenters. The first-order chi connectivity index (χ1) is 15.7. The number of benzene rings is 1. The molecule has 1 aromatic carbocycles. The van der Waals surface area contributed by atoms with Gasteiger partial charge in [-0.2, -0.15) is 9.78 Å². The van der Waals surface area contributed by atoms with Crippen molar-refractivity contribution in [3.63, 3.8) is 0 Å². The SMILES string of the molecule is O=C(O)c1nn(-c2cc(Cl)c(Oc3n[nH]c(=O)c4c3C3CCC4CC3)c(Cl)c2)c(=O)[nH]c1=O. The summed E-state index contributed by atoms with van der Waals surface area (Å²) in [6, 6.07) is 2.57. The quantitative estimate of drug-likeness (QED) is 0.501. The molecule has 13 heteroatoms. The van der Waals surface area contributed by atoms with Gasteiger partial charge in [0, 0.05) is 11.1 Å². The highest BCUT2D eigenvalue weighted by Gasteiger charge is 2.38. The fraction of sp³-hybridized carbons (Fsp3) is 0.300. The van der Waals surface area contributed by atoms with Gasteiger partial charge in [0.1, 0.15) is 0 Å². The summed E-state index contributed by atoms with van der Waals surface area (Å²) in [7, 11) is 0. The second-order valence-corrected chi connectivity index (χ2v) is 8.71. The van der Waals surface area contributed by atoms with Gasteiger partial charge in [0.2, 0.25) is 11.6 Å². The zero-order valence-corrected chi connectivity index (χ0v) is 18.2. The minimum absolute atomic E-state index is 0.0108. The van der Waals surface area contributed by atoms with Crippen LogP contribution in [0.3, 0.4) is 0 Å². The molecule has 0 radical (unpaired) electrons. The number of hydrogen-bond acceptors (Lipinski definition) is 7. The molecule has 3 N–H and O–H groups in total. The van der Waals surface area contributed by atoms with Gasteiger partial charge >= 0.3 is 11.7 Å². The van der Waals surface area contributed by atoms with Crippen molar-refractivity contribution in [3.8, 4) is 17.3 Å². The lowest BCUT2D eigenvalue weighted by atomic mass is 9.68. The Morgan fingerprint density at radius 3 is 2.24 bits per heavy atom. The van der Waals surface area contributed by atoms with Gasteiger partial charge in [-0.3, -0.25) is 14.6 Å². The van der Waals surface area contributed by atoms with Gasteiger partial charge in [-0.25, -0.2) is 14.7 Å². The fourth-order valence-electron chi connectivity index (χ4n) is 4.59. The number of aromatic amines is 2. The molecular weight excluding hydrogens is 477 g/mol. The molecule has 1 saturated carbocycles. The van der Waals surface area contributed by atoms with E-state index in [1.54, 1.807) is 0 Å². The minimum Gasteiger partial charge on any atom is -0.476 e. The number of carboxylic acids is 1. The molecule has 0 spiro atoms. The molecule has 6 rings (SSSR count). The summed E-state index contributed by atoms with van der Waals surface area (Å²) in [5.41, 5.74) is -1.74. The van der Waals surface area contributed by atoms with Crippen LogP contribution in [0, 0.1) is 0 Å². The van der Waals surface area contributed by atoms with E-state index in [-0.39, 0.29) is 44.8 Å². The zero-order valence-electron chi connectivity index (χ0n) is 16.7. The summed E-state index contributed by atoms with van der Waals surface area (Å²) in [5.74, 6) is -1.03. The third-order valence-corrected chi connectivity index (χ3v) is 6.59. The number of nitrogens with zero attached hydrogens (tertiary/aromatic N) is 3. The van der Waals surface area contributed by atoms with E-state index in [9.17, 15) is 19.2 Å². The smallest absolute Gasteiger partial charge is 0.362 e. The molecule has 3 aliphatic carbocycles. The summed E-state index contributed by atoms with van der Waals surface area (Å²) in [5, 5.41) is 19.2. The highest BCUT2D eigenvalue weighted by molar-refractivity contribution is 6.37. The van der Waals surface area contributed by atoms with Gasteiger partial charge in [-0.05, 0) is 49.7 Å². The molecule has 11 nitrogen and oxygen atoms in total. The predicted octanol–water partition coefficient (Wildman–Crippen LogP) is 2.56. The van der Waals surface area contributed by atoms with Crippen LogP contribution in [0.4, 0.5) is 0 Å². The van der Waals surface area contributed by atoms with Gasteiger partial charge in [-0.1, -0.05) is 23.2 Å². The number of aromatic nitrogens is 5. The Balaban J connectivity index is 1.58. The lowest BCUT2D eigenvalue weighted by Crippen LogP contribution is -2.35. The number of H-pyrrole nitrogens is 2. The monoisotopic (exact) mass is 491 g/mol. The average molecular weight is 492 g/mol. The second-order valence-electron chi connectivity index (χ2n) is 7.90. The number of carbonyl (C=O) groups is 1. The topological polar surface area (TPSA) is 160 Å². The van der Waals surface area contributed by atoms with Crippen molar-refractivity contribution in [1.29, 1.82) is 0 Å². The van der Waals surface area contributed by atoms with Crippen molar-refractivity contribution in [2.75, 3.05) is 0 Å². The summed E-state index contributed by atoms with van der Waals surface area (Å²) in [6.07, 6.45) is 3.76. The molecule has 2 aromatic heterocycles. The molecule has 0 saturated heterocycles. The van der Waals surface area contributed by atoms with Crippen molar-refractivity contribution >= 4 is 29.2 Å². The van der Waals surface area contributed by atoms with Crippen LogP contribution in [0.5, 0.6) is 11.6 Å². The Morgan fingerprint density at radius 1 is 1.03 bits per heavy atom. The number of nitrogens with one attached hydrogen (secondary N) is 2. The zero-order chi connectivity index (χ0) is 23.4. The molecule has 2 bridgehead atoms. The first kappa shape index (κ1) is 21.4. The van der Waals surface area contributed by atoms with Crippen LogP contribution >= 0.6 is 23.2 Å². The number of fused-ring (bicyclic) bond motifs is 2. The van der Waals surface area contributed by atoms with Gasteiger partial charge in [-0.15, -0.1) is 5.10 Å². The van der Waals surface area contributed by atoms with Crippen molar-refractivity contribution in [3.05, 3.63) is 70.2 Å². The molecule has 0 atom stereocenters. The molecule has 0 aliphatic heterocycles. The average Bonchev–Trinajstić information content (AvgIpc) is 2.78. The Morgan fingerprint density at radius 2 is 1.64 bits per heavy atom. The van der Waals surface area contributed by atoms with E-state index in [0.717, 1.165) is 31.2 Å². The molecule has 170 valence electrons. The van der Waals surface area contributed by atoms with Crippen molar-refractivity contribution in [1.82, 2.24) is 25.0 Å². The van der Waals surface area contributed by atoms with E-state index in [4.69, 9.17) is 33.0 Å². The lowest BCUT2D eigenvalue weighted by Gasteiger charge is -2.37. The maximum absolute atomic E-state index is 12.4. The lowest BCUT2D eigenvalue weighted by molar-refractivity contribution is 0.0685. The molecule has 0 amide bonds. The maximum atomic E-state index is 12.4. The van der Waals surface area contributed by atoms with E-state index in [0.29, 0.717) is 10.2 Å². The fourth-order valence-corrected chi connectivity index (χ4v) is 5.14. The minimum atomic E-state index is -1.61. The number of halogens is 2. The van der Waals surface area contributed by atoms with E-state index in [1.807, 2.05) is 4.98 Å². The largest absolute Gasteiger partial charge is 0.476 e. The van der Waals surface area contributed by atoms with Gasteiger partial charge in [0.25, 0.3) is 11.1 Å². The maximum Gasteiger partial charge on any atom is 0.362 e. The number of rotatable bonds is 4. The van der Waals surface area contributed by atoms with Gasteiger partial charge < -0.3 is 9.84 Å². The van der Waals surface area contributed by atoms with Crippen LogP contribution in [0.1, 0.15) is 59.1 Å². The summed E-state index contributed by atoms with van der Waals surface area (Å²) < 4.78 is 6.60. The summed E-state index contributed by atoms with van der Waals surface area (Å²) in [4.78, 5) is 49.3. The van der Waals surface area contributed by atoms with Gasteiger partial charge in [0.05, 0.1) is 15.7 Å². The van der Waals surface area contributed by atoms with Crippen LogP contribution in [0.25, 0.3) is 5.69 Å². The standard InChI is InChI=1S/C20H15Cl2N5O6/c21-10-5-9(27-20(32)23-17(29)14(26-27)19(30)31)6-11(22)15(10)33-18-13-8-3-1-7(2-4-8)12(13)16(28)24-25-18/h5-8H,1-4H2,(H,24,28)(H,30,31)(H,23,29,32). The highest BCUT2D eigenvalue weighted by atomic mass is 35.5. The molecule has 1 fully saturated rings. The summed E-state index contributed by atoms with van der Waals surface area (Å²) >= 11 is 12.7. The Labute approximate surface area is 193 Å². The Bertz CT molecular complexity index is 1460. The van der Waals surface area contributed by atoms with Crippen LogP contribution < -0.4 is 21.5 Å². The number of aromatic carboxylic acids is 1. The van der Waals surface area contributed by atoms with Crippen molar-refractivity contribution in [2.24, 2.45) is 0 Å². The van der Waals surface area contributed by atoms with Gasteiger partial charge in [0.15, 0.2) is 5.75 Å². The van der Waals surface area contributed by atoms with E-state index < -0.39 is 22.9 Å². The summed E-state index contributed by atoms with van der Waals surface area (Å²) in [6.45, 7) is 0. The Hall–Kier alpha value is -3.44. The van der Waals surface area contributed by atoms with Crippen LogP contribution in [0.2, 0.25) is 10.0 Å². The number of ether oxygens (including phenoxy) is 1. The van der Waals surface area contributed by atoms with E-state index >= 15 is 0 Å². The first-order valence-electron chi connectivity index (χ1n) is 10.0. The van der Waals surface area contributed by atoms with Crippen LogP contribution in [-0.4, -0.2) is 36.0 Å². The third kappa shape index (κ3) is 3.53. The number of hydrogen-bond donors (Lipinski definition) is 3. The molecule has 3 aliphatic rings. The molecule has 2 heterocycles. The molecule has 3 aromatic rings.